The molecule has 0 saturated carbocycles. The van der Waals surface area contributed by atoms with Gasteiger partial charge in [-0.3, -0.25) is 0 Å². The van der Waals surface area contributed by atoms with Crippen LogP contribution >= 0.6 is 11.5 Å². The second-order valence-electron chi connectivity index (χ2n) is 3.26. The van der Waals surface area contributed by atoms with Gasteiger partial charge in [-0.25, -0.2) is 0 Å². The lowest BCUT2D eigenvalue weighted by Gasteiger charge is -2.04. The first kappa shape index (κ1) is 8.20. The first-order valence-corrected chi connectivity index (χ1v) is 5.28. The van der Waals surface area contributed by atoms with Gasteiger partial charge in [0.25, 0.3) is 0 Å². The number of hydrogen-bond acceptors (Lipinski definition) is 4. The summed E-state index contributed by atoms with van der Waals surface area (Å²) in [6.07, 6.45) is 2.15. The van der Waals surface area contributed by atoms with Crippen LogP contribution in [0.5, 0.6) is 5.75 Å². The average molecular weight is 207 g/mol. The average Bonchev–Trinajstić information content (AvgIpc) is 2.91. The van der Waals surface area contributed by atoms with Crippen molar-refractivity contribution in [1.82, 2.24) is 4.37 Å². The summed E-state index contributed by atoms with van der Waals surface area (Å²) in [6, 6.07) is 6.01. The molecule has 4 heteroatoms. The van der Waals surface area contributed by atoms with E-state index in [0.717, 1.165) is 17.7 Å². The van der Waals surface area contributed by atoms with E-state index in [4.69, 9.17) is 9.47 Å². The van der Waals surface area contributed by atoms with Crippen LogP contribution in [-0.2, 0) is 4.74 Å². The minimum Gasteiger partial charge on any atom is -0.490 e. The van der Waals surface area contributed by atoms with E-state index in [1.807, 2.05) is 24.4 Å². The molecule has 3 rings (SSSR count). The lowest BCUT2D eigenvalue weighted by molar-refractivity contribution is 0.265. The monoisotopic (exact) mass is 207 g/mol. The maximum absolute atomic E-state index is 5.64. The molecule has 2 aromatic rings. The molecule has 1 unspecified atom stereocenters. The Balaban J connectivity index is 1.89. The molecule has 1 aromatic heterocycles. The van der Waals surface area contributed by atoms with E-state index in [2.05, 4.69) is 4.37 Å². The van der Waals surface area contributed by atoms with E-state index in [1.165, 1.54) is 16.2 Å². The SMILES string of the molecule is c1cc(OCC2CO2)c2cnsc2c1. The lowest BCUT2D eigenvalue weighted by Crippen LogP contribution is -2.03. The van der Waals surface area contributed by atoms with E-state index in [9.17, 15) is 0 Å². The van der Waals surface area contributed by atoms with Crippen LogP contribution in [0.1, 0.15) is 0 Å². The minimum absolute atomic E-state index is 0.303. The Labute approximate surface area is 85.4 Å². The quantitative estimate of drug-likeness (QED) is 0.723. The second-order valence-corrected chi connectivity index (χ2v) is 4.09. The molecular weight excluding hydrogens is 198 g/mol. The van der Waals surface area contributed by atoms with E-state index in [1.54, 1.807) is 0 Å². The summed E-state index contributed by atoms with van der Waals surface area (Å²) in [5, 5.41) is 1.10. The number of aromatic nitrogens is 1. The van der Waals surface area contributed by atoms with Crippen LogP contribution in [-0.4, -0.2) is 23.7 Å². The Kier molecular flexibility index (Phi) is 1.89. The molecule has 72 valence electrons. The van der Waals surface area contributed by atoms with E-state index >= 15 is 0 Å². The van der Waals surface area contributed by atoms with Crippen molar-refractivity contribution in [2.24, 2.45) is 0 Å². The topological polar surface area (TPSA) is 34.6 Å². The highest BCUT2D eigenvalue weighted by Crippen LogP contribution is 2.28. The molecule has 0 bridgehead atoms. The second kappa shape index (κ2) is 3.22. The van der Waals surface area contributed by atoms with Gasteiger partial charge < -0.3 is 9.47 Å². The number of rotatable bonds is 3. The molecule has 0 amide bonds. The van der Waals surface area contributed by atoms with E-state index in [0.29, 0.717) is 12.7 Å². The Morgan fingerprint density at radius 1 is 1.57 bits per heavy atom. The third-order valence-corrected chi connectivity index (χ3v) is 2.95. The lowest BCUT2D eigenvalue weighted by atomic mass is 10.2. The fraction of sp³-hybridized carbons (Fsp3) is 0.300. The van der Waals surface area contributed by atoms with Crippen LogP contribution in [0.3, 0.4) is 0 Å². The van der Waals surface area contributed by atoms with Crippen molar-refractivity contribution in [1.29, 1.82) is 0 Å². The fourth-order valence-electron chi connectivity index (χ4n) is 1.34. The van der Waals surface area contributed by atoms with E-state index in [-0.39, 0.29) is 0 Å². The molecule has 1 aliphatic heterocycles. The number of hydrogen-bond donors (Lipinski definition) is 0. The standard InChI is InChI=1S/C10H9NO2S/c1-2-9(13-6-7-5-12-7)8-4-11-14-10(8)3-1/h1-4,7H,5-6H2. The van der Waals surface area contributed by atoms with Gasteiger partial charge in [0.15, 0.2) is 0 Å². The van der Waals surface area contributed by atoms with Gasteiger partial charge in [0.05, 0.1) is 22.9 Å². The molecule has 1 aromatic carbocycles. The van der Waals surface area contributed by atoms with Gasteiger partial charge in [0, 0.05) is 0 Å². The van der Waals surface area contributed by atoms with Crippen molar-refractivity contribution in [2.75, 3.05) is 13.2 Å². The van der Waals surface area contributed by atoms with Crippen molar-refractivity contribution >= 4 is 21.6 Å². The predicted octanol–water partition coefficient (Wildman–Crippen LogP) is 2.07. The first-order valence-electron chi connectivity index (χ1n) is 4.51. The molecule has 14 heavy (non-hydrogen) atoms. The summed E-state index contributed by atoms with van der Waals surface area (Å²) in [5.74, 6) is 0.909. The number of ether oxygens (including phenoxy) is 2. The zero-order valence-electron chi connectivity index (χ0n) is 7.47. The van der Waals surface area contributed by atoms with Gasteiger partial charge in [-0.1, -0.05) is 6.07 Å². The summed E-state index contributed by atoms with van der Waals surface area (Å²) < 4.78 is 16.0. The van der Waals surface area contributed by atoms with Crippen LogP contribution in [0.4, 0.5) is 0 Å². The third-order valence-electron chi connectivity index (χ3n) is 2.19. The number of fused-ring (bicyclic) bond motifs is 1. The molecule has 1 fully saturated rings. The first-order chi connectivity index (χ1) is 6.93. The van der Waals surface area contributed by atoms with Crippen molar-refractivity contribution in [3.8, 4) is 5.75 Å². The molecule has 1 saturated heterocycles. The fourth-order valence-corrected chi connectivity index (χ4v) is 2.00. The molecule has 0 aliphatic carbocycles. The van der Waals surface area contributed by atoms with E-state index < -0.39 is 0 Å². The molecule has 1 atom stereocenters. The normalized spacial score (nSPS) is 19.9. The Hall–Kier alpha value is -1.13. The Morgan fingerprint density at radius 3 is 3.36 bits per heavy atom. The van der Waals surface area contributed by atoms with Gasteiger partial charge in [-0.15, -0.1) is 0 Å². The van der Waals surface area contributed by atoms with Crippen molar-refractivity contribution in [2.45, 2.75) is 6.10 Å². The molecule has 2 heterocycles. The summed E-state index contributed by atoms with van der Waals surface area (Å²) in [7, 11) is 0. The Bertz CT molecular complexity index is 450. The van der Waals surface area contributed by atoms with Gasteiger partial charge in [-0.2, -0.15) is 4.37 Å². The number of nitrogens with zero attached hydrogens (tertiary/aromatic N) is 1. The maximum Gasteiger partial charge on any atom is 0.129 e. The van der Waals surface area contributed by atoms with Crippen LogP contribution in [0.2, 0.25) is 0 Å². The van der Waals surface area contributed by atoms with Gasteiger partial charge in [0.1, 0.15) is 18.5 Å². The Morgan fingerprint density at radius 2 is 2.50 bits per heavy atom. The smallest absolute Gasteiger partial charge is 0.129 e. The summed E-state index contributed by atoms with van der Waals surface area (Å²) in [5.41, 5.74) is 0. The largest absolute Gasteiger partial charge is 0.490 e. The third kappa shape index (κ3) is 1.47. The molecule has 0 spiro atoms. The highest BCUT2D eigenvalue weighted by atomic mass is 32.1. The zero-order valence-corrected chi connectivity index (χ0v) is 8.29. The summed E-state index contributed by atoms with van der Waals surface area (Å²) in [6.45, 7) is 1.48. The molecule has 0 radical (unpaired) electrons. The summed E-state index contributed by atoms with van der Waals surface area (Å²) >= 11 is 1.49. The molecule has 0 N–H and O–H groups in total. The number of benzene rings is 1. The highest BCUT2D eigenvalue weighted by Gasteiger charge is 2.23. The highest BCUT2D eigenvalue weighted by molar-refractivity contribution is 7.13. The van der Waals surface area contributed by atoms with Crippen LogP contribution in [0.25, 0.3) is 10.1 Å². The molecule has 1 aliphatic rings. The van der Waals surface area contributed by atoms with Gasteiger partial charge in [-0.05, 0) is 23.7 Å². The molecular formula is C10H9NO2S. The maximum atomic E-state index is 5.64. The van der Waals surface area contributed by atoms with Crippen LogP contribution in [0.15, 0.2) is 24.4 Å². The van der Waals surface area contributed by atoms with Gasteiger partial charge >= 0.3 is 0 Å². The summed E-state index contributed by atoms with van der Waals surface area (Å²) in [4.78, 5) is 0. The number of epoxide rings is 1. The predicted molar refractivity (Wildman–Crippen MR) is 54.9 cm³/mol. The van der Waals surface area contributed by atoms with Crippen molar-refractivity contribution < 1.29 is 9.47 Å². The van der Waals surface area contributed by atoms with Crippen LogP contribution < -0.4 is 4.74 Å². The zero-order chi connectivity index (χ0) is 9.38. The van der Waals surface area contributed by atoms with Gasteiger partial charge in [0.2, 0.25) is 0 Å². The molecule has 3 nitrogen and oxygen atoms in total. The van der Waals surface area contributed by atoms with Crippen molar-refractivity contribution in [3.05, 3.63) is 24.4 Å². The van der Waals surface area contributed by atoms with Crippen molar-refractivity contribution in [3.63, 3.8) is 0 Å². The van der Waals surface area contributed by atoms with Crippen LogP contribution in [0, 0.1) is 0 Å². The minimum atomic E-state index is 0.303.